The van der Waals surface area contributed by atoms with Gasteiger partial charge >= 0.3 is 0 Å². The van der Waals surface area contributed by atoms with Gasteiger partial charge in [-0.25, -0.2) is 13.5 Å². The van der Waals surface area contributed by atoms with Crippen LogP contribution in [-0.2, 0) is 11.3 Å². The highest BCUT2D eigenvalue weighted by atomic mass is 19.1. The van der Waals surface area contributed by atoms with Crippen LogP contribution in [0.5, 0.6) is 0 Å². The monoisotopic (exact) mass is 305 g/mol. The van der Waals surface area contributed by atoms with Gasteiger partial charge in [0.1, 0.15) is 17.5 Å². The van der Waals surface area contributed by atoms with E-state index in [4.69, 9.17) is 0 Å². The van der Waals surface area contributed by atoms with E-state index in [-0.39, 0.29) is 23.9 Å². The van der Waals surface area contributed by atoms with Crippen LogP contribution in [0.2, 0.25) is 0 Å². The van der Waals surface area contributed by atoms with Gasteiger partial charge in [-0.3, -0.25) is 4.79 Å². The van der Waals surface area contributed by atoms with Crippen molar-refractivity contribution in [2.75, 3.05) is 5.32 Å². The zero-order chi connectivity index (χ0) is 15.7. The second-order valence-electron chi connectivity index (χ2n) is 5.69. The van der Waals surface area contributed by atoms with Gasteiger partial charge in [-0.05, 0) is 38.0 Å². The van der Waals surface area contributed by atoms with E-state index in [0.29, 0.717) is 5.82 Å². The van der Waals surface area contributed by atoms with Gasteiger partial charge in [0.2, 0.25) is 5.91 Å². The first kappa shape index (κ1) is 14.7. The van der Waals surface area contributed by atoms with Crippen molar-refractivity contribution < 1.29 is 13.6 Å². The van der Waals surface area contributed by atoms with E-state index in [1.807, 2.05) is 6.92 Å². The summed E-state index contributed by atoms with van der Waals surface area (Å²) in [5.74, 6) is -0.434. The maximum atomic E-state index is 13.8. The number of rotatable bonds is 4. The van der Waals surface area contributed by atoms with Crippen LogP contribution in [0.25, 0.3) is 0 Å². The van der Waals surface area contributed by atoms with Crippen molar-refractivity contribution in [3.8, 4) is 0 Å². The number of nitrogens with one attached hydrogen (secondary N) is 1. The lowest BCUT2D eigenvalue weighted by Gasteiger charge is -2.24. The van der Waals surface area contributed by atoms with Crippen LogP contribution in [0, 0.1) is 24.5 Å². The Morgan fingerprint density at radius 1 is 1.41 bits per heavy atom. The van der Waals surface area contributed by atoms with Crippen molar-refractivity contribution in [2.45, 2.75) is 32.7 Å². The lowest BCUT2D eigenvalue weighted by molar-refractivity contribution is -0.122. The molecule has 1 aromatic carbocycles. The van der Waals surface area contributed by atoms with Crippen LogP contribution in [0.15, 0.2) is 24.4 Å². The van der Waals surface area contributed by atoms with Crippen LogP contribution in [0.4, 0.5) is 14.6 Å². The molecule has 116 valence electrons. The molecule has 0 atom stereocenters. The van der Waals surface area contributed by atoms with Gasteiger partial charge in [0.15, 0.2) is 0 Å². The fourth-order valence-corrected chi connectivity index (χ4v) is 2.48. The Kier molecular flexibility index (Phi) is 3.92. The van der Waals surface area contributed by atoms with Gasteiger partial charge in [-0.1, -0.05) is 6.42 Å². The molecule has 1 aromatic heterocycles. The number of amides is 1. The lowest BCUT2D eigenvalue weighted by atomic mass is 9.85. The smallest absolute Gasteiger partial charge is 0.228 e. The van der Waals surface area contributed by atoms with E-state index in [2.05, 4.69) is 10.4 Å². The first-order valence-electron chi connectivity index (χ1n) is 7.32. The SMILES string of the molecule is Cc1cnn(Cc2cc(F)ccc2F)c1NC(=O)C1CCC1. The van der Waals surface area contributed by atoms with Crippen LogP contribution in [0.3, 0.4) is 0 Å². The number of carbonyl (C=O) groups is 1. The molecule has 22 heavy (non-hydrogen) atoms. The number of benzene rings is 1. The van der Waals surface area contributed by atoms with Gasteiger partial charge in [0.25, 0.3) is 0 Å². The Balaban J connectivity index is 1.82. The Morgan fingerprint density at radius 3 is 2.86 bits per heavy atom. The second-order valence-corrected chi connectivity index (χ2v) is 5.69. The molecule has 6 heteroatoms. The van der Waals surface area contributed by atoms with Crippen molar-refractivity contribution in [3.63, 3.8) is 0 Å². The molecule has 0 unspecified atom stereocenters. The Bertz CT molecular complexity index is 707. The first-order chi connectivity index (χ1) is 10.5. The summed E-state index contributed by atoms with van der Waals surface area (Å²) in [4.78, 5) is 12.1. The predicted molar refractivity (Wildman–Crippen MR) is 78.4 cm³/mol. The Labute approximate surface area is 127 Å². The molecule has 1 amide bonds. The first-order valence-corrected chi connectivity index (χ1v) is 7.32. The predicted octanol–water partition coefficient (Wildman–Crippen LogP) is 3.26. The molecule has 0 aliphatic heterocycles. The number of halogens is 2. The molecule has 3 rings (SSSR count). The van der Waals surface area contributed by atoms with Gasteiger partial charge in [-0.15, -0.1) is 0 Å². The minimum atomic E-state index is -0.500. The summed E-state index contributed by atoms with van der Waals surface area (Å²) < 4.78 is 28.5. The molecule has 1 saturated carbocycles. The summed E-state index contributed by atoms with van der Waals surface area (Å²) in [7, 11) is 0. The lowest BCUT2D eigenvalue weighted by Crippen LogP contribution is -2.29. The number of hydrogen-bond donors (Lipinski definition) is 1. The van der Waals surface area contributed by atoms with Crippen LogP contribution in [0.1, 0.15) is 30.4 Å². The Hall–Kier alpha value is -2.24. The van der Waals surface area contributed by atoms with Gasteiger partial charge in [-0.2, -0.15) is 5.10 Å². The van der Waals surface area contributed by atoms with Crippen LogP contribution < -0.4 is 5.32 Å². The quantitative estimate of drug-likeness (QED) is 0.942. The summed E-state index contributed by atoms with van der Waals surface area (Å²) in [6, 6.07) is 3.31. The minimum absolute atomic E-state index is 0.0317. The third-order valence-electron chi connectivity index (χ3n) is 4.07. The zero-order valence-corrected chi connectivity index (χ0v) is 12.3. The topological polar surface area (TPSA) is 46.9 Å². The van der Waals surface area contributed by atoms with E-state index in [1.165, 1.54) is 4.68 Å². The summed E-state index contributed by atoms with van der Waals surface area (Å²) in [6.07, 6.45) is 4.48. The molecular weight excluding hydrogens is 288 g/mol. The summed E-state index contributed by atoms with van der Waals surface area (Å²) in [5.41, 5.74) is 0.992. The molecule has 1 aliphatic rings. The fourth-order valence-electron chi connectivity index (χ4n) is 2.48. The number of aryl methyl sites for hydroxylation is 1. The molecule has 0 spiro atoms. The molecule has 0 bridgehead atoms. The highest BCUT2D eigenvalue weighted by Crippen LogP contribution is 2.28. The summed E-state index contributed by atoms with van der Waals surface area (Å²) in [5, 5.41) is 7.01. The third-order valence-corrected chi connectivity index (χ3v) is 4.07. The van der Waals surface area contributed by atoms with E-state index in [1.54, 1.807) is 6.20 Å². The number of nitrogens with zero attached hydrogens (tertiary/aromatic N) is 2. The molecule has 0 saturated heterocycles. The number of aromatic nitrogens is 2. The van der Waals surface area contributed by atoms with Gasteiger partial charge < -0.3 is 5.32 Å². The van der Waals surface area contributed by atoms with Crippen molar-refractivity contribution in [1.82, 2.24) is 9.78 Å². The third kappa shape index (κ3) is 2.86. The van der Waals surface area contributed by atoms with Gasteiger partial charge in [0, 0.05) is 17.0 Å². The standard InChI is InChI=1S/C16H17F2N3O/c1-10-8-19-21(9-12-7-13(17)5-6-14(12)18)15(10)20-16(22)11-3-2-4-11/h5-8,11H,2-4,9H2,1H3,(H,20,22). The zero-order valence-electron chi connectivity index (χ0n) is 12.3. The van der Waals surface area contributed by atoms with E-state index in [0.717, 1.165) is 43.0 Å². The molecular formula is C16H17F2N3O. The number of carbonyl (C=O) groups excluding carboxylic acids is 1. The number of hydrogen-bond acceptors (Lipinski definition) is 2. The molecule has 4 nitrogen and oxygen atoms in total. The van der Waals surface area contributed by atoms with Crippen molar-refractivity contribution in [3.05, 3.63) is 47.2 Å². The molecule has 2 aromatic rings. The molecule has 1 aliphatic carbocycles. The van der Waals surface area contributed by atoms with Crippen molar-refractivity contribution in [2.24, 2.45) is 5.92 Å². The summed E-state index contributed by atoms with van der Waals surface area (Å²) in [6.45, 7) is 1.89. The second kappa shape index (κ2) is 5.87. The largest absolute Gasteiger partial charge is 0.310 e. The van der Waals surface area contributed by atoms with Crippen LogP contribution in [-0.4, -0.2) is 15.7 Å². The molecule has 1 N–H and O–H groups in total. The highest BCUT2D eigenvalue weighted by molar-refractivity contribution is 5.92. The number of anilines is 1. The average molecular weight is 305 g/mol. The maximum absolute atomic E-state index is 13.8. The summed E-state index contributed by atoms with van der Waals surface area (Å²) >= 11 is 0. The van der Waals surface area contributed by atoms with E-state index < -0.39 is 11.6 Å². The van der Waals surface area contributed by atoms with Gasteiger partial charge in [0.05, 0.1) is 12.7 Å². The fraction of sp³-hybridized carbons (Fsp3) is 0.375. The van der Waals surface area contributed by atoms with Crippen LogP contribution >= 0.6 is 0 Å². The van der Waals surface area contributed by atoms with Crippen molar-refractivity contribution >= 4 is 11.7 Å². The minimum Gasteiger partial charge on any atom is -0.310 e. The van der Waals surface area contributed by atoms with E-state index >= 15 is 0 Å². The molecule has 1 fully saturated rings. The Morgan fingerprint density at radius 2 is 2.18 bits per heavy atom. The average Bonchev–Trinajstić information content (AvgIpc) is 2.74. The molecule has 1 heterocycles. The van der Waals surface area contributed by atoms with E-state index in [9.17, 15) is 13.6 Å². The highest BCUT2D eigenvalue weighted by Gasteiger charge is 2.26. The van der Waals surface area contributed by atoms with Crippen molar-refractivity contribution in [1.29, 1.82) is 0 Å². The normalized spacial score (nSPS) is 14.7. The molecule has 0 radical (unpaired) electrons. The maximum Gasteiger partial charge on any atom is 0.228 e.